The van der Waals surface area contributed by atoms with Gasteiger partial charge >= 0.3 is 5.97 Å². The molecule has 0 aromatic carbocycles. The number of aliphatic hydroxyl groups excluding tert-OH is 2. The van der Waals surface area contributed by atoms with Crippen LogP contribution >= 0.6 is 0 Å². The fraction of sp³-hybridized carbons (Fsp3) is 0.942. The molecule has 0 aromatic rings. The van der Waals surface area contributed by atoms with Crippen LogP contribution in [-0.4, -0.2) is 47.4 Å². The highest BCUT2D eigenvalue weighted by atomic mass is 16.5. The summed E-state index contributed by atoms with van der Waals surface area (Å²) in [6.45, 7) is 4.99. The molecule has 0 aliphatic carbocycles. The van der Waals surface area contributed by atoms with E-state index in [9.17, 15) is 19.8 Å². The van der Waals surface area contributed by atoms with Crippen LogP contribution in [0.4, 0.5) is 0 Å². The monoisotopic (exact) mass is 1060 g/mol. The normalized spacial score (nSPS) is 12.5. The van der Waals surface area contributed by atoms with Gasteiger partial charge in [0.1, 0.15) is 0 Å². The van der Waals surface area contributed by atoms with Crippen molar-refractivity contribution in [3.8, 4) is 0 Å². The Balaban J connectivity index is 3.36. The second-order valence-corrected chi connectivity index (χ2v) is 23.9. The molecule has 1 amide bonds. The van der Waals surface area contributed by atoms with Crippen LogP contribution in [0.3, 0.4) is 0 Å². The number of hydrogen-bond donors (Lipinski definition) is 3. The average molecular weight is 1060 g/mol. The topological polar surface area (TPSA) is 95.9 Å². The van der Waals surface area contributed by atoms with E-state index in [2.05, 4.69) is 31.3 Å². The molecule has 0 bridgehead atoms. The van der Waals surface area contributed by atoms with E-state index in [1.165, 1.54) is 321 Å². The van der Waals surface area contributed by atoms with Gasteiger partial charge in [-0.3, -0.25) is 9.59 Å². The highest BCUT2D eigenvalue weighted by Crippen LogP contribution is 2.19. The molecular formula is C69H135NO5. The van der Waals surface area contributed by atoms with Gasteiger partial charge in [-0.25, -0.2) is 0 Å². The van der Waals surface area contributed by atoms with E-state index >= 15 is 0 Å². The maximum atomic E-state index is 12.5. The molecule has 2 atom stereocenters. The highest BCUT2D eigenvalue weighted by Gasteiger charge is 2.20. The van der Waals surface area contributed by atoms with Gasteiger partial charge in [0.2, 0.25) is 5.91 Å². The average Bonchev–Trinajstić information content (AvgIpc) is 3.41. The zero-order chi connectivity index (χ0) is 54.3. The first kappa shape index (κ1) is 73.6. The van der Waals surface area contributed by atoms with Gasteiger partial charge in [-0.15, -0.1) is 0 Å². The zero-order valence-electron chi connectivity index (χ0n) is 51.1. The Hall–Kier alpha value is -1.40. The number of carbonyl (C=O) groups is 2. The molecule has 0 aliphatic heterocycles. The minimum Gasteiger partial charge on any atom is -0.466 e. The van der Waals surface area contributed by atoms with Crippen LogP contribution in [0.25, 0.3) is 0 Å². The minimum absolute atomic E-state index is 0.0188. The van der Waals surface area contributed by atoms with E-state index in [0.717, 1.165) is 38.5 Å². The van der Waals surface area contributed by atoms with Gasteiger partial charge in [0.05, 0.1) is 25.4 Å². The summed E-state index contributed by atoms with van der Waals surface area (Å²) >= 11 is 0. The van der Waals surface area contributed by atoms with E-state index in [-0.39, 0.29) is 18.5 Å². The Morgan fingerprint density at radius 1 is 0.360 bits per heavy atom. The summed E-state index contributed by atoms with van der Waals surface area (Å²) in [4.78, 5) is 24.6. The molecule has 0 spiro atoms. The quantitative estimate of drug-likeness (QED) is 0.0320. The van der Waals surface area contributed by atoms with Crippen LogP contribution in [0, 0.1) is 0 Å². The summed E-state index contributed by atoms with van der Waals surface area (Å²) in [5.74, 6) is -0.0162. The third-order valence-electron chi connectivity index (χ3n) is 16.3. The molecule has 6 heteroatoms. The number of rotatable bonds is 65. The van der Waals surface area contributed by atoms with Gasteiger partial charge in [0.15, 0.2) is 0 Å². The lowest BCUT2D eigenvalue weighted by molar-refractivity contribution is -0.143. The summed E-state index contributed by atoms with van der Waals surface area (Å²) < 4.78 is 5.51. The zero-order valence-corrected chi connectivity index (χ0v) is 51.1. The number of hydrogen-bond acceptors (Lipinski definition) is 5. The minimum atomic E-state index is -0.665. The van der Waals surface area contributed by atoms with Crippen molar-refractivity contribution < 1.29 is 24.5 Å². The van der Waals surface area contributed by atoms with E-state index in [1.54, 1.807) is 0 Å². The molecule has 75 heavy (non-hydrogen) atoms. The van der Waals surface area contributed by atoms with E-state index in [0.29, 0.717) is 25.9 Å². The molecular weight excluding hydrogens is 923 g/mol. The molecule has 3 N–H and O–H groups in total. The summed E-state index contributed by atoms with van der Waals surface area (Å²) in [5, 5.41) is 23.3. The van der Waals surface area contributed by atoms with Crippen molar-refractivity contribution in [2.75, 3.05) is 13.2 Å². The molecule has 446 valence electrons. The predicted molar refractivity (Wildman–Crippen MR) is 329 cm³/mol. The Morgan fingerprint density at radius 2 is 0.627 bits per heavy atom. The van der Waals surface area contributed by atoms with Crippen molar-refractivity contribution >= 4 is 11.9 Å². The van der Waals surface area contributed by atoms with Gasteiger partial charge in [-0.1, -0.05) is 341 Å². The molecule has 2 unspecified atom stereocenters. The Labute approximate surface area is 469 Å². The lowest BCUT2D eigenvalue weighted by Crippen LogP contribution is -2.45. The third kappa shape index (κ3) is 61.7. The van der Waals surface area contributed by atoms with Crippen LogP contribution in [0.1, 0.15) is 393 Å². The second kappa shape index (κ2) is 65.1. The predicted octanol–water partition coefficient (Wildman–Crippen LogP) is 22.0. The maximum Gasteiger partial charge on any atom is 0.305 e. The van der Waals surface area contributed by atoms with E-state index in [4.69, 9.17) is 4.74 Å². The van der Waals surface area contributed by atoms with E-state index < -0.39 is 12.1 Å². The SMILES string of the molecule is CCCCCCCCCCCCCCCCCCCCC(=O)OCCCCCCCCCCCCCC/C=C\CCCCCCCCCCCC(=O)NC(CO)C(O)CCCCCCCCCCCCCCCCC. The molecule has 0 saturated heterocycles. The highest BCUT2D eigenvalue weighted by molar-refractivity contribution is 5.76. The standard InChI is InChI=1S/C69H135NO5/c1-3-5-7-9-11-13-15-17-19-20-31-35-39-43-47-51-55-59-63-69(74)75-64-60-56-52-48-44-40-36-32-29-27-25-23-21-22-24-26-28-30-34-38-42-46-50-54-58-62-68(73)70-66(65-71)67(72)61-57-53-49-45-41-37-33-18-16-14-12-10-8-6-4-2/h22,24,66-67,71-72H,3-21,23,25-65H2,1-2H3,(H,70,73)/b24-22-. The molecule has 0 heterocycles. The summed E-state index contributed by atoms with van der Waals surface area (Å²) in [6, 6.07) is -0.543. The van der Waals surface area contributed by atoms with Crippen molar-refractivity contribution in [2.45, 2.75) is 405 Å². The molecule has 0 fully saturated rings. The summed E-state index contributed by atoms with van der Waals surface area (Å²) in [5.41, 5.74) is 0. The molecule has 6 nitrogen and oxygen atoms in total. The number of unbranched alkanes of at least 4 members (excludes halogenated alkanes) is 52. The van der Waals surface area contributed by atoms with Crippen molar-refractivity contribution in [3.05, 3.63) is 12.2 Å². The van der Waals surface area contributed by atoms with Gasteiger partial charge in [-0.2, -0.15) is 0 Å². The molecule has 0 radical (unpaired) electrons. The van der Waals surface area contributed by atoms with Crippen molar-refractivity contribution in [3.63, 3.8) is 0 Å². The summed E-state index contributed by atoms with van der Waals surface area (Å²) in [6.07, 6.45) is 79.6. The summed E-state index contributed by atoms with van der Waals surface area (Å²) in [7, 11) is 0. The molecule has 0 aliphatic rings. The Bertz CT molecular complexity index is 1130. The number of aliphatic hydroxyl groups is 2. The Morgan fingerprint density at radius 3 is 0.947 bits per heavy atom. The van der Waals surface area contributed by atoms with Crippen LogP contribution in [0.15, 0.2) is 12.2 Å². The van der Waals surface area contributed by atoms with Crippen LogP contribution < -0.4 is 5.32 Å². The van der Waals surface area contributed by atoms with E-state index in [1.807, 2.05) is 0 Å². The largest absolute Gasteiger partial charge is 0.466 e. The van der Waals surface area contributed by atoms with Crippen LogP contribution in [0.2, 0.25) is 0 Å². The fourth-order valence-electron chi connectivity index (χ4n) is 11.1. The first-order valence-electron chi connectivity index (χ1n) is 34.4. The lowest BCUT2D eigenvalue weighted by Gasteiger charge is -2.22. The first-order valence-corrected chi connectivity index (χ1v) is 34.4. The van der Waals surface area contributed by atoms with Crippen molar-refractivity contribution in [1.82, 2.24) is 5.32 Å². The van der Waals surface area contributed by atoms with Crippen LogP contribution in [-0.2, 0) is 14.3 Å². The van der Waals surface area contributed by atoms with Crippen molar-refractivity contribution in [2.24, 2.45) is 0 Å². The van der Waals surface area contributed by atoms with Gasteiger partial charge in [0.25, 0.3) is 0 Å². The fourth-order valence-corrected chi connectivity index (χ4v) is 11.1. The number of ether oxygens (including phenoxy) is 1. The Kier molecular flexibility index (Phi) is 63.9. The lowest BCUT2D eigenvalue weighted by atomic mass is 10.0. The van der Waals surface area contributed by atoms with Gasteiger partial charge in [0, 0.05) is 12.8 Å². The molecule has 0 rings (SSSR count). The third-order valence-corrected chi connectivity index (χ3v) is 16.3. The number of carbonyl (C=O) groups excluding carboxylic acids is 2. The molecule has 0 saturated carbocycles. The second-order valence-electron chi connectivity index (χ2n) is 23.9. The maximum absolute atomic E-state index is 12.5. The molecule has 0 aromatic heterocycles. The number of esters is 1. The van der Waals surface area contributed by atoms with Gasteiger partial charge < -0.3 is 20.3 Å². The van der Waals surface area contributed by atoms with Crippen LogP contribution in [0.5, 0.6) is 0 Å². The number of amides is 1. The van der Waals surface area contributed by atoms with Crippen molar-refractivity contribution in [1.29, 1.82) is 0 Å². The number of nitrogens with one attached hydrogen (secondary N) is 1. The smallest absolute Gasteiger partial charge is 0.305 e. The number of allylic oxidation sites excluding steroid dienone is 2. The van der Waals surface area contributed by atoms with Gasteiger partial charge in [-0.05, 0) is 51.4 Å². The first-order chi connectivity index (χ1) is 37.0.